The van der Waals surface area contributed by atoms with Gasteiger partial charge < -0.3 is 14.6 Å². The van der Waals surface area contributed by atoms with E-state index in [0.717, 1.165) is 17.5 Å². The van der Waals surface area contributed by atoms with Crippen molar-refractivity contribution < 1.29 is 19.4 Å². The molecule has 0 fully saturated rings. The average Bonchev–Trinajstić information content (AvgIpc) is 2.78. The van der Waals surface area contributed by atoms with Crippen LogP contribution in [0.25, 0.3) is 0 Å². The third kappa shape index (κ3) is 2.73. The van der Waals surface area contributed by atoms with Crippen molar-refractivity contribution in [2.24, 2.45) is 5.10 Å². The summed E-state index contributed by atoms with van der Waals surface area (Å²) in [6.07, 6.45) is 0. The molecule has 19 heavy (non-hydrogen) atoms. The molecule has 0 aliphatic carbocycles. The Hall–Kier alpha value is -1.57. The Morgan fingerprint density at radius 3 is 2.53 bits per heavy atom. The van der Waals surface area contributed by atoms with Gasteiger partial charge in [-0.15, -0.1) is 0 Å². The molecule has 1 heterocycles. The van der Waals surface area contributed by atoms with Gasteiger partial charge in [-0.2, -0.15) is 5.10 Å². The number of ether oxygens (including phenoxy) is 2. The molecule has 0 aromatic heterocycles. The predicted octanol–water partition coefficient (Wildman–Crippen LogP) is 1.39. The highest BCUT2D eigenvalue weighted by atomic mass is 32.2. The highest BCUT2D eigenvalue weighted by Crippen LogP contribution is 2.40. The lowest BCUT2D eigenvalue weighted by Gasteiger charge is -2.25. The summed E-state index contributed by atoms with van der Waals surface area (Å²) in [6, 6.07) is 9.38. The van der Waals surface area contributed by atoms with Crippen LogP contribution in [0.1, 0.15) is 5.56 Å². The Bertz CT molecular complexity index is 488. The smallest absolute Gasteiger partial charge is 0.326 e. The lowest BCUT2D eigenvalue weighted by molar-refractivity contribution is -0.137. The van der Waals surface area contributed by atoms with E-state index in [-0.39, 0.29) is 6.54 Å². The summed E-state index contributed by atoms with van der Waals surface area (Å²) in [5, 5.41) is 12.0. The molecule has 0 saturated heterocycles. The number of carboxylic acid groups (broad SMARTS) is 1. The van der Waals surface area contributed by atoms with Gasteiger partial charge in [0.2, 0.25) is 0 Å². The number of benzene rings is 1. The van der Waals surface area contributed by atoms with Crippen molar-refractivity contribution in [3.05, 3.63) is 35.9 Å². The fourth-order valence-corrected chi connectivity index (χ4v) is 2.71. The van der Waals surface area contributed by atoms with Gasteiger partial charge in [0.15, 0.2) is 0 Å². The van der Waals surface area contributed by atoms with Crippen molar-refractivity contribution in [1.29, 1.82) is 0 Å². The quantitative estimate of drug-likeness (QED) is 0.650. The van der Waals surface area contributed by atoms with Gasteiger partial charge in [0.05, 0.1) is 0 Å². The van der Waals surface area contributed by atoms with E-state index in [9.17, 15) is 4.79 Å². The van der Waals surface area contributed by atoms with Crippen LogP contribution in [0.3, 0.4) is 0 Å². The van der Waals surface area contributed by atoms with E-state index in [0.29, 0.717) is 5.71 Å². The minimum absolute atomic E-state index is 0.227. The first-order chi connectivity index (χ1) is 9.11. The number of nitrogens with zero attached hydrogens (tertiary/aromatic N) is 2. The molecule has 0 bridgehead atoms. The van der Waals surface area contributed by atoms with Crippen LogP contribution >= 0.6 is 11.9 Å². The molecule has 1 aromatic rings. The summed E-state index contributed by atoms with van der Waals surface area (Å²) in [4.78, 5) is 10.8. The molecule has 2 rings (SSSR count). The van der Waals surface area contributed by atoms with Gasteiger partial charge in [0, 0.05) is 31.7 Å². The molecule has 0 saturated carbocycles. The molecular formula is C12H14N2O4S. The monoisotopic (exact) mass is 282 g/mol. The van der Waals surface area contributed by atoms with E-state index in [2.05, 4.69) is 5.10 Å². The van der Waals surface area contributed by atoms with E-state index in [1.165, 1.54) is 18.6 Å². The molecule has 7 heteroatoms. The van der Waals surface area contributed by atoms with Gasteiger partial charge in [-0.25, -0.2) is 4.41 Å². The Balaban J connectivity index is 2.36. The molecule has 0 unspecified atom stereocenters. The molecule has 1 aliphatic heterocycles. The zero-order valence-corrected chi connectivity index (χ0v) is 11.4. The predicted molar refractivity (Wildman–Crippen MR) is 71.7 cm³/mol. The molecule has 1 aliphatic rings. The number of carbonyl (C=O) groups is 1. The number of methoxy groups -OCH3 is 2. The van der Waals surface area contributed by atoms with E-state index in [4.69, 9.17) is 14.6 Å². The van der Waals surface area contributed by atoms with Crippen molar-refractivity contribution >= 4 is 23.6 Å². The number of hydrazone groups is 1. The van der Waals surface area contributed by atoms with Gasteiger partial charge in [0.1, 0.15) is 12.3 Å². The third-order valence-corrected chi connectivity index (χ3v) is 3.77. The maximum absolute atomic E-state index is 10.8. The Morgan fingerprint density at radius 1 is 1.37 bits per heavy atom. The van der Waals surface area contributed by atoms with Crippen LogP contribution in [0, 0.1) is 0 Å². The second-order valence-electron chi connectivity index (χ2n) is 3.77. The van der Waals surface area contributed by atoms with Gasteiger partial charge in [-0.3, -0.25) is 4.79 Å². The fourth-order valence-electron chi connectivity index (χ4n) is 1.74. The molecule has 1 aromatic carbocycles. The summed E-state index contributed by atoms with van der Waals surface area (Å²) in [7, 11) is 3.00. The topological polar surface area (TPSA) is 71.4 Å². The van der Waals surface area contributed by atoms with E-state index in [1.807, 2.05) is 30.3 Å². The molecule has 1 N–H and O–H groups in total. The summed E-state index contributed by atoms with van der Waals surface area (Å²) in [5.41, 5.74) is 1.37. The second-order valence-corrected chi connectivity index (χ2v) is 4.92. The van der Waals surface area contributed by atoms with Crippen LogP contribution in [0.5, 0.6) is 0 Å². The molecule has 0 radical (unpaired) electrons. The number of hydrogen-bond donors (Lipinski definition) is 1. The SMILES string of the molecule is COC1(OC)SN(CC(=O)O)N=C1c1ccccc1. The molecule has 102 valence electrons. The number of aliphatic carboxylic acids is 1. The number of hydrogen-bond acceptors (Lipinski definition) is 6. The van der Waals surface area contributed by atoms with Crippen LogP contribution in [-0.2, 0) is 14.3 Å². The normalized spacial score (nSPS) is 17.4. The minimum atomic E-state index is -1.11. The van der Waals surface area contributed by atoms with Crippen LogP contribution in [0.4, 0.5) is 0 Å². The standard InChI is InChI=1S/C12H14N2O4S/c1-17-12(18-2)11(9-6-4-3-5-7-9)13-14(19-12)8-10(15)16/h3-7H,8H2,1-2H3,(H,15,16). The zero-order valence-electron chi connectivity index (χ0n) is 10.6. The van der Waals surface area contributed by atoms with Crippen LogP contribution in [0.2, 0.25) is 0 Å². The molecule has 6 nitrogen and oxygen atoms in total. The Morgan fingerprint density at radius 2 is 2.00 bits per heavy atom. The van der Waals surface area contributed by atoms with Gasteiger partial charge in [0.25, 0.3) is 5.12 Å². The fraction of sp³-hybridized carbons (Fsp3) is 0.333. The lowest BCUT2D eigenvalue weighted by atomic mass is 10.1. The minimum Gasteiger partial charge on any atom is -0.480 e. The van der Waals surface area contributed by atoms with E-state index < -0.39 is 11.1 Å². The molecule has 0 amide bonds. The first-order valence-electron chi connectivity index (χ1n) is 5.54. The van der Waals surface area contributed by atoms with Crippen molar-refractivity contribution in [3.63, 3.8) is 0 Å². The maximum atomic E-state index is 10.8. The van der Waals surface area contributed by atoms with Gasteiger partial charge >= 0.3 is 5.97 Å². The zero-order chi connectivity index (χ0) is 13.9. The van der Waals surface area contributed by atoms with Crippen molar-refractivity contribution in [3.8, 4) is 0 Å². The molecule has 0 spiro atoms. The third-order valence-electron chi connectivity index (χ3n) is 2.58. The van der Waals surface area contributed by atoms with Crippen molar-refractivity contribution in [1.82, 2.24) is 4.41 Å². The Kier molecular flexibility index (Phi) is 4.08. The van der Waals surface area contributed by atoms with Crippen LogP contribution in [0.15, 0.2) is 35.4 Å². The highest BCUT2D eigenvalue weighted by molar-refractivity contribution is 7.99. The van der Waals surface area contributed by atoms with Crippen molar-refractivity contribution in [2.45, 2.75) is 5.12 Å². The summed E-state index contributed by atoms with van der Waals surface area (Å²) < 4.78 is 12.1. The maximum Gasteiger partial charge on any atom is 0.326 e. The summed E-state index contributed by atoms with van der Waals surface area (Å²) in [5.74, 6) is -0.966. The highest BCUT2D eigenvalue weighted by Gasteiger charge is 2.46. The summed E-state index contributed by atoms with van der Waals surface area (Å²) >= 11 is 1.09. The summed E-state index contributed by atoms with van der Waals surface area (Å²) in [6.45, 7) is -0.227. The van der Waals surface area contributed by atoms with Gasteiger partial charge in [-0.1, -0.05) is 30.3 Å². The van der Waals surface area contributed by atoms with E-state index >= 15 is 0 Å². The molecular weight excluding hydrogens is 268 g/mol. The van der Waals surface area contributed by atoms with Crippen molar-refractivity contribution in [2.75, 3.05) is 20.8 Å². The van der Waals surface area contributed by atoms with Gasteiger partial charge in [-0.05, 0) is 0 Å². The average molecular weight is 282 g/mol. The lowest BCUT2D eigenvalue weighted by Crippen LogP contribution is -2.37. The second kappa shape index (κ2) is 5.60. The number of rotatable bonds is 5. The first kappa shape index (κ1) is 13.9. The largest absolute Gasteiger partial charge is 0.480 e. The molecule has 0 atom stereocenters. The van der Waals surface area contributed by atoms with E-state index in [1.54, 1.807) is 0 Å². The first-order valence-corrected chi connectivity index (χ1v) is 6.32. The Labute approximate surface area is 115 Å². The number of carboxylic acids is 1. The van der Waals surface area contributed by atoms with Crippen LogP contribution in [-0.4, -0.2) is 47.1 Å². The van der Waals surface area contributed by atoms with Crippen LogP contribution < -0.4 is 0 Å².